The van der Waals surface area contributed by atoms with Crippen LogP contribution >= 0.6 is 27.3 Å². The summed E-state index contributed by atoms with van der Waals surface area (Å²) in [4.78, 5) is 21.8. The number of carbonyl (C=O) groups excluding carboxylic acids is 1. The Morgan fingerprint density at radius 2 is 1.74 bits per heavy atom. The quantitative estimate of drug-likeness (QED) is 0.176. The van der Waals surface area contributed by atoms with Gasteiger partial charge in [0.2, 0.25) is 0 Å². The number of rotatable bonds is 6. The maximum Gasteiger partial charge on any atom is 0.416 e. The summed E-state index contributed by atoms with van der Waals surface area (Å²) in [7, 11) is 0. The van der Waals surface area contributed by atoms with E-state index in [0.29, 0.717) is 17.1 Å². The van der Waals surface area contributed by atoms with Gasteiger partial charge in [-0.05, 0) is 53.9 Å². The van der Waals surface area contributed by atoms with Gasteiger partial charge in [-0.2, -0.15) is 26.3 Å². The van der Waals surface area contributed by atoms with E-state index in [1.54, 1.807) is 12.3 Å². The molecule has 2 aromatic carbocycles. The Balaban J connectivity index is 2.01. The number of nitrogens with zero attached hydrogens (tertiary/aromatic N) is 2. The van der Waals surface area contributed by atoms with E-state index >= 15 is 0 Å². The summed E-state index contributed by atoms with van der Waals surface area (Å²) in [6.07, 6.45) is -8.73. The summed E-state index contributed by atoms with van der Waals surface area (Å²) in [5.74, 6) is -1.53. The van der Waals surface area contributed by atoms with E-state index in [4.69, 9.17) is 4.74 Å². The van der Waals surface area contributed by atoms with Crippen LogP contribution in [0.25, 0.3) is 11.1 Å². The van der Waals surface area contributed by atoms with E-state index in [2.05, 4.69) is 31.2 Å². The average Bonchev–Trinajstić information content (AvgIpc) is 3.42. The van der Waals surface area contributed by atoms with Crippen molar-refractivity contribution >= 4 is 39.1 Å². The summed E-state index contributed by atoms with van der Waals surface area (Å²) < 4.78 is 101. The summed E-state index contributed by atoms with van der Waals surface area (Å²) in [5, 5.41) is 5.14. The lowest BCUT2D eigenvalue weighted by molar-refractivity contribution is -0.143. The fourth-order valence-electron chi connectivity index (χ4n) is 3.95. The Labute approximate surface area is 229 Å². The zero-order chi connectivity index (χ0) is 28.5. The lowest BCUT2D eigenvalue weighted by atomic mass is 9.88. The molecule has 0 aliphatic carbocycles. The fraction of sp³-hybridized carbons (Fsp3) is 0.240. The van der Waals surface area contributed by atoms with E-state index in [0.717, 1.165) is 12.1 Å². The van der Waals surface area contributed by atoms with Gasteiger partial charge in [0.1, 0.15) is 11.9 Å². The highest BCUT2D eigenvalue weighted by molar-refractivity contribution is 9.09. The SMILES string of the molecule is CCOC(=O)C1=C(CBr)NC(c2nccs2)=NC1c1ccc(F)cc1-c1cc(C(F)(F)F)cc(C(F)(F)F)c1. The van der Waals surface area contributed by atoms with Crippen LogP contribution in [0.15, 0.2) is 64.2 Å². The van der Waals surface area contributed by atoms with Gasteiger partial charge < -0.3 is 10.1 Å². The Morgan fingerprint density at radius 1 is 1.08 bits per heavy atom. The van der Waals surface area contributed by atoms with E-state index in [-0.39, 0.29) is 46.2 Å². The second-order valence-electron chi connectivity index (χ2n) is 8.11. The predicted molar refractivity (Wildman–Crippen MR) is 134 cm³/mol. The third kappa shape index (κ3) is 6.16. The molecule has 2 heterocycles. The molecule has 3 aromatic rings. The number of benzene rings is 2. The van der Waals surface area contributed by atoms with Crippen molar-refractivity contribution in [2.45, 2.75) is 25.3 Å². The van der Waals surface area contributed by atoms with Crippen molar-refractivity contribution in [1.82, 2.24) is 10.3 Å². The Kier molecular flexibility index (Phi) is 8.17. The van der Waals surface area contributed by atoms with Crippen molar-refractivity contribution in [1.29, 1.82) is 0 Å². The van der Waals surface area contributed by atoms with Crippen molar-refractivity contribution in [3.63, 3.8) is 0 Å². The molecule has 0 bridgehead atoms. The number of nitrogens with one attached hydrogen (secondary N) is 1. The van der Waals surface area contributed by atoms with Crippen molar-refractivity contribution < 1.29 is 40.3 Å². The zero-order valence-corrected chi connectivity index (χ0v) is 22.2. The third-order valence-electron chi connectivity index (χ3n) is 5.60. The zero-order valence-electron chi connectivity index (χ0n) is 19.8. The first kappa shape index (κ1) is 28.7. The van der Waals surface area contributed by atoms with Gasteiger partial charge in [0.15, 0.2) is 10.8 Å². The van der Waals surface area contributed by atoms with E-state index < -0.39 is 46.9 Å². The molecule has 39 heavy (non-hydrogen) atoms. The van der Waals surface area contributed by atoms with Crippen molar-refractivity contribution in [3.8, 4) is 11.1 Å². The first-order valence-corrected chi connectivity index (χ1v) is 13.1. The molecule has 14 heteroatoms. The highest BCUT2D eigenvalue weighted by atomic mass is 79.9. The van der Waals surface area contributed by atoms with Gasteiger partial charge in [0.25, 0.3) is 0 Å². The van der Waals surface area contributed by atoms with Crippen molar-refractivity contribution in [3.05, 3.63) is 86.8 Å². The van der Waals surface area contributed by atoms with Crippen LogP contribution in [0, 0.1) is 5.82 Å². The molecule has 1 aromatic heterocycles. The number of alkyl halides is 7. The molecule has 206 valence electrons. The minimum atomic E-state index is -5.12. The van der Waals surface area contributed by atoms with Gasteiger partial charge in [-0.1, -0.05) is 22.0 Å². The normalized spacial score (nSPS) is 16.1. The number of ether oxygens (including phenoxy) is 1. The number of aliphatic imine (C=N–C) groups is 1. The number of carbonyl (C=O) groups is 1. The highest BCUT2D eigenvalue weighted by Gasteiger charge is 2.38. The molecular weight excluding hydrogens is 619 g/mol. The van der Waals surface area contributed by atoms with Crippen LogP contribution in [0.4, 0.5) is 30.7 Å². The molecule has 1 unspecified atom stereocenters. The molecule has 0 amide bonds. The molecule has 0 radical (unpaired) electrons. The number of hydrogen-bond donors (Lipinski definition) is 1. The standard InChI is InChI=1S/C25H17BrF7N3O2S/c1-2-38-23(37)19-18(11-26)35-21(22-34-5-6-39-22)36-20(19)16-4-3-15(27)10-17(16)12-7-13(24(28,29)30)9-14(8-12)25(31,32)33/h3-10,20H,2,11H2,1H3,(H,35,36). The van der Waals surface area contributed by atoms with Crippen LogP contribution in [-0.4, -0.2) is 28.7 Å². The van der Waals surface area contributed by atoms with Gasteiger partial charge in [-0.3, -0.25) is 4.99 Å². The molecule has 0 saturated heterocycles. The summed E-state index contributed by atoms with van der Waals surface area (Å²) >= 11 is 4.49. The topological polar surface area (TPSA) is 63.6 Å². The van der Waals surface area contributed by atoms with Gasteiger partial charge in [-0.15, -0.1) is 11.3 Å². The molecule has 4 rings (SSSR count). The van der Waals surface area contributed by atoms with Crippen LogP contribution in [0.2, 0.25) is 0 Å². The number of hydrogen-bond acceptors (Lipinski definition) is 6. The summed E-state index contributed by atoms with van der Waals surface area (Å²) in [5.41, 5.74) is -3.78. The van der Waals surface area contributed by atoms with E-state index in [1.165, 1.54) is 23.6 Å². The summed E-state index contributed by atoms with van der Waals surface area (Å²) in [6.45, 7) is 1.54. The maximum absolute atomic E-state index is 14.5. The Hall–Kier alpha value is -3.26. The second-order valence-corrected chi connectivity index (χ2v) is 9.57. The average molecular weight is 636 g/mol. The van der Waals surface area contributed by atoms with Gasteiger partial charge in [0, 0.05) is 22.6 Å². The lowest BCUT2D eigenvalue weighted by Crippen LogP contribution is -2.34. The molecule has 0 saturated carbocycles. The number of amidine groups is 1. The molecule has 1 atom stereocenters. The molecule has 5 nitrogen and oxygen atoms in total. The van der Waals surface area contributed by atoms with Crippen molar-refractivity contribution in [2.24, 2.45) is 4.99 Å². The minimum Gasteiger partial charge on any atom is -0.463 e. The first-order valence-electron chi connectivity index (χ1n) is 11.1. The monoisotopic (exact) mass is 635 g/mol. The largest absolute Gasteiger partial charge is 0.463 e. The van der Waals surface area contributed by atoms with Crippen LogP contribution in [-0.2, 0) is 21.9 Å². The number of thiazole rings is 1. The fourth-order valence-corrected chi connectivity index (χ4v) is 4.98. The molecule has 0 fully saturated rings. The highest BCUT2D eigenvalue weighted by Crippen LogP contribution is 2.43. The van der Waals surface area contributed by atoms with Gasteiger partial charge in [0.05, 0.1) is 23.3 Å². The van der Waals surface area contributed by atoms with Gasteiger partial charge >= 0.3 is 18.3 Å². The number of halogens is 8. The van der Waals surface area contributed by atoms with E-state index in [9.17, 15) is 35.5 Å². The van der Waals surface area contributed by atoms with E-state index in [1.807, 2.05) is 0 Å². The van der Waals surface area contributed by atoms with Crippen LogP contribution in [0.3, 0.4) is 0 Å². The third-order valence-corrected chi connectivity index (χ3v) is 6.94. The first-order chi connectivity index (χ1) is 18.3. The molecule has 1 N–H and O–H groups in total. The van der Waals surface area contributed by atoms with Crippen LogP contribution < -0.4 is 5.32 Å². The number of aromatic nitrogens is 1. The Bertz CT molecular complexity index is 1420. The minimum absolute atomic E-state index is 0.0130. The number of allylic oxidation sites excluding steroid dienone is 1. The second kappa shape index (κ2) is 11.1. The molecule has 0 spiro atoms. The summed E-state index contributed by atoms with van der Waals surface area (Å²) in [6, 6.07) is 2.66. The molecule has 1 aliphatic rings. The van der Waals surface area contributed by atoms with Gasteiger partial charge in [-0.25, -0.2) is 14.2 Å². The maximum atomic E-state index is 14.5. The van der Waals surface area contributed by atoms with Crippen LogP contribution in [0.5, 0.6) is 0 Å². The predicted octanol–water partition coefficient (Wildman–Crippen LogP) is 7.29. The number of esters is 1. The smallest absolute Gasteiger partial charge is 0.416 e. The molecular formula is C25H17BrF7N3O2S. The Morgan fingerprint density at radius 3 is 2.28 bits per heavy atom. The van der Waals surface area contributed by atoms with Crippen molar-refractivity contribution in [2.75, 3.05) is 11.9 Å². The van der Waals surface area contributed by atoms with Crippen LogP contribution in [0.1, 0.15) is 34.7 Å². The molecule has 1 aliphatic heterocycles. The lowest BCUT2D eigenvalue weighted by Gasteiger charge is -2.28.